The summed E-state index contributed by atoms with van der Waals surface area (Å²) in [7, 11) is 0. The highest BCUT2D eigenvalue weighted by atomic mass is 19.3. The van der Waals surface area contributed by atoms with Crippen molar-refractivity contribution in [2.24, 2.45) is 23.7 Å². The van der Waals surface area contributed by atoms with Crippen LogP contribution in [-0.2, 0) is 18.9 Å². The van der Waals surface area contributed by atoms with Gasteiger partial charge < -0.3 is 18.9 Å². The lowest BCUT2D eigenvalue weighted by molar-refractivity contribution is -0.288. The molecule has 0 bridgehead atoms. The molecule has 0 unspecified atom stereocenters. The minimum Gasteiger partial charge on any atom is -0.352 e. The molecule has 0 N–H and O–H groups in total. The SMILES string of the molecule is CCC=CC1COC(C2COC(C3CCC(CC=C(F)F)CC3)OC2)OC1. The Kier molecular flexibility index (Phi) is 8.24. The van der Waals surface area contributed by atoms with Gasteiger partial charge in [0.1, 0.15) is 0 Å². The molecule has 3 fully saturated rings. The molecule has 154 valence electrons. The quantitative estimate of drug-likeness (QED) is 0.608. The number of ether oxygens (including phenoxy) is 4. The Labute approximate surface area is 160 Å². The summed E-state index contributed by atoms with van der Waals surface area (Å²) in [6, 6.07) is 0. The van der Waals surface area contributed by atoms with E-state index in [9.17, 15) is 8.78 Å². The van der Waals surface area contributed by atoms with Gasteiger partial charge in [-0.1, -0.05) is 19.1 Å². The van der Waals surface area contributed by atoms with Crippen LogP contribution in [0.4, 0.5) is 8.78 Å². The Bertz CT molecular complexity index is 482. The third-order valence-electron chi connectivity index (χ3n) is 5.81. The normalized spacial score (nSPS) is 38.0. The Morgan fingerprint density at radius 1 is 0.852 bits per heavy atom. The summed E-state index contributed by atoms with van der Waals surface area (Å²) in [5.74, 6) is 1.15. The van der Waals surface area contributed by atoms with E-state index in [1.807, 2.05) is 0 Å². The van der Waals surface area contributed by atoms with Crippen molar-refractivity contribution in [3.05, 3.63) is 24.3 Å². The van der Waals surface area contributed by atoms with E-state index in [0.717, 1.165) is 38.2 Å². The van der Waals surface area contributed by atoms with Gasteiger partial charge in [-0.2, -0.15) is 8.78 Å². The third-order valence-corrected chi connectivity index (χ3v) is 5.81. The molecule has 4 nitrogen and oxygen atoms in total. The minimum atomic E-state index is -1.57. The Morgan fingerprint density at radius 3 is 2.04 bits per heavy atom. The van der Waals surface area contributed by atoms with Crippen LogP contribution < -0.4 is 0 Å². The standard InChI is InChI=1S/C21H32F2O4/c1-2-3-4-16-11-24-21(25-12-16)18-13-26-20(27-14-18)17-8-5-15(6-9-17)7-10-19(22)23/h3-4,10,15-18,20-21H,2,5-9,11-14H2,1H3. The van der Waals surface area contributed by atoms with Crippen molar-refractivity contribution in [3.8, 4) is 0 Å². The van der Waals surface area contributed by atoms with Crippen molar-refractivity contribution in [1.29, 1.82) is 0 Å². The van der Waals surface area contributed by atoms with Crippen LogP contribution in [-0.4, -0.2) is 39.0 Å². The first-order valence-electron chi connectivity index (χ1n) is 10.3. The fourth-order valence-electron chi connectivity index (χ4n) is 4.16. The van der Waals surface area contributed by atoms with Crippen LogP contribution in [0.25, 0.3) is 0 Å². The number of hydrogen-bond acceptors (Lipinski definition) is 4. The average Bonchev–Trinajstić information content (AvgIpc) is 2.72. The highest BCUT2D eigenvalue weighted by Gasteiger charge is 2.36. The molecule has 0 spiro atoms. The van der Waals surface area contributed by atoms with Gasteiger partial charge in [-0.25, -0.2) is 0 Å². The van der Waals surface area contributed by atoms with E-state index in [1.165, 1.54) is 0 Å². The van der Waals surface area contributed by atoms with Crippen molar-refractivity contribution in [1.82, 2.24) is 0 Å². The minimum absolute atomic E-state index is 0.103. The van der Waals surface area contributed by atoms with Crippen LogP contribution in [0.3, 0.4) is 0 Å². The molecule has 6 heteroatoms. The lowest BCUT2D eigenvalue weighted by Gasteiger charge is -2.40. The topological polar surface area (TPSA) is 36.9 Å². The first-order chi connectivity index (χ1) is 13.2. The first kappa shape index (κ1) is 20.9. The van der Waals surface area contributed by atoms with Gasteiger partial charge in [0.05, 0.1) is 32.3 Å². The molecule has 0 aromatic carbocycles. The predicted octanol–water partition coefficient (Wildman–Crippen LogP) is 4.91. The smallest absolute Gasteiger partial charge is 0.266 e. The van der Waals surface area contributed by atoms with Crippen LogP contribution in [0, 0.1) is 23.7 Å². The van der Waals surface area contributed by atoms with Gasteiger partial charge in [0.25, 0.3) is 6.08 Å². The van der Waals surface area contributed by atoms with Crippen molar-refractivity contribution in [2.75, 3.05) is 26.4 Å². The monoisotopic (exact) mass is 386 g/mol. The van der Waals surface area contributed by atoms with Gasteiger partial charge in [-0.3, -0.25) is 0 Å². The van der Waals surface area contributed by atoms with Gasteiger partial charge in [0.2, 0.25) is 0 Å². The predicted molar refractivity (Wildman–Crippen MR) is 98.2 cm³/mol. The second-order valence-corrected chi connectivity index (χ2v) is 7.94. The second kappa shape index (κ2) is 10.6. The zero-order chi connectivity index (χ0) is 19.1. The molecule has 3 rings (SSSR count). The van der Waals surface area contributed by atoms with Crippen LogP contribution in [0.15, 0.2) is 24.3 Å². The highest BCUT2D eigenvalue weighted by molar-refractivity contribution is 4.89. The number of hydrogen-bond donors (Lipinski definition) is 0. The van der Waals surface area contributed by atoms with Crippen LogP contribution in [0.1, 0.15) is 45.4 Å². The maximum Gasteiger partial charge on any atom is 0.266 e. The maximum absolute atomic E-state index is 12.2. The Balaban J connectivity index is 1.35. The summed E-state index contributed by atoms with van der Waals surface area (Å²) < 4.78 is 48.1. The van der Waals surface area contributed by atoms with Gasteiger partial charge in [0.15, 0.2) is 12.6 Å². The Morgan fingerprint density at radius 2 is 1.44 bits per heavy atom. The van der Waals surface area contributed by atoms with E-state index in [4.69, 9.17) is 18.9 Å². The summed E-state index contributed by atoms with van der Waals surface area (Å²) in [5.41, 5.74) is 0. The molecule has 0 atom stereocenters. The van der Waals surface area contributed by atoms with Crippen LogP contribution in [0.5, 0.6) is 0 Å². The highest BCUT2D eigenvalue weighted by Crippen LogP contribution is 2.36. The number of allylic oxidation sites excluding steroid dienone is 2. The van der Waals surface area contributed by atoms with Gasteiger partial charge in [-0.05, 0) is 50.5 Å². The summed E-state index contributed by atoms with van der Waals surface area (Å²) in [5, 5.41) is 0. The molecule has 2 heterocycles. The van der Waals surface area contributed by atoms with Crippen LogP contribution >= 0.6 is 0 Å². The van der Waals surface area contributed by atoms with E-state index in [2.05, 4.69) is 19.1 Å². The van der Waals surface area contributed by atoms with Gasteiger partial charge >= 0.3 is 0 Å². The van der Waals surface area contributed by atoms with Crippen molar-refractivity contribution in [2.45, 2.75) is 58.0 Å². The average molecular weight is 386 g/mol. The zero-order valence-corrected chi connectivity index (χ0v) is 16.2. The van der Waals surface area contributed by atoms with Gasteiger partial charge in [-0.15, -0.1) is 0 Å². The number of halogens is 2. The summed E-state index contributed by atoms with van der Waals surface area (Å²) in [4.78, 5) is 0. The first-order valence-corrected chi connectivity index (χ1v) is 10.3. The molecule has 1 saturated carbocycles. The largest absolute Gasteiger partial charge is 0.352 e. The lowest BCUT2D eigenvalue weighted by Crippen LogP contribution is -2.46. The van der Waals surface area contributed by atoms with E-state index in [0.29, 0.717) is 50.6 Å². The molecule has 2 aliphatic heterocycles. The molecule has 3 aliphatic rings. The van der Waals surface area contributed by atoms with Gasteiger partial charge in [0, 0.05) is 11.8 Å². The molecular weight excluding hydrogens is 354 g/mol. The zero-order valence-electron chi connectivity index (χ0n) is 16.2. The van der Waals surface area contributed by atoms with E-state index >= 15 is 0 Å². The van der Waals surface area contributed by atoms with Crippen LogP contribution in [0.2, 0.25) is 0 Å². The molecular formula is C21H32F2O4. The van der Waals surface area contributed by atoms with Crippen molar-refractivity contribution >= 4 is 0 Å². The molecule has 1 aliphatic carbocycles. The lowest BCUT2D eigenvalue weighted by atomic mass is 9.80. The van der Waals surface area contributed by atoms with E-state index in [1.54, 1.807) is 0 Å². The molecule has 0 amide bonds. The molecule has 0 aromatic heterocycles. The molecule has 2 saturated heterocycles. The summed E-state index contributed by atoms with van der Waals surface area (Å²) >= 11 is 0. The maximum atomic E-state index is 12.2. The fraction of sp³-hybridized carbons (Fsp3) is 0.810. The summed E-state index contributed by atoms with van der Waals surface area (Å²) in [6.07, 6.45) is 8.74. The third kappa shape index (κ3) is 6.34. The number of rotatable bonds is 6. The molecule has 27 heavy (non-hydrogen) atoms. The fourth-order valence-corrected chi connectivity index (χ4v) is 4.16. The van der Waals surface area contributed by atoms with E-state index in [-0.39, 0.29) is 18.5 Å². The van der Waals surface area contributed by atoms with Crippen molar-refractivity contribution in [3.63, 3.8) is 0 Å². The molecule has 0 aromatic rings. The Hall–Kier alpha value is -0.820. The molecule has 0 radical (unpaired) electrons. The van der Waals surface area contributed by atoms with Crippen molar-refractivity contribution < 1.29 is 27.7 Å². The summed E-state index contributed by atoms with van der Waals surface area (Å²) in [6.45, 7) is 4.64. The van der Waals surface area contributed by atoms with E-state index < -0.39 is 6.08 Å². The second-order valence-electron chi connectivity index (χ2n) is 7.94.